The van der Waals surface area contributed by atoms with Gasteiger partial charge in [-0.2, -0.15) is 0 Å². The molecule has 1 aliphatic heterocycles. The van der Waals surface area contributed by atoms with Crippen molar-refractivity contribution in [2.45, 2.75) is 26.3 Å². The highest BCUT2D eigenvalue weighted by Crippen LogP contribution is 2.14. The van der Waals surface area contributed by atoms with Crippen molar-refractivity contribution < 1.29 is 9.59 Å². The van der Waals surface area contributed by atoms with Crippen LogP contribution in [0.2, 0.25) is 0 Å². The maximum atomic E-state index is 12.2. The van der Waals surface area contributed by atoms with Crippen LogP contribution in [-0.4, -0.2) is 54.7 Å². The van der Waals surface area contributed by atoms with Gasteiger partial charge in [0.05, 0.1) is 0 Å². The standard InChI is InChI=1S/C23H29N3O2/c1-18-3-7-20(8-4-18)22(27)11-12-23(28)24-21-9-5-19(6-10-21)17-26-15-13-25(2)14-16-26/h3-10H,11-17H2,1-2H3,(H,24,28). The van der Waals surface area contributed by atoms with Crippen LogP contribution >= 0.6 is 0 Å². The van der Waals surface area contributed by atoms with Gasteiger partial charge in [0.25, 0.3) is 0 Å². The molecule has 5 nitrogen and oxygen atoms in total. The third-order valence-electron chi connectivity index (χ3n) is 5.19. The van der Waals surface area contributed by atoms with E-state index in [1.807, 2.05) is 43.3 Å². The Labute approximate surface area is 167 Å². The molecule has 1 amide bonds. The monoisotopic (exact) mass is 379 g/mol. The largest absolute Gasteiger partial charge is 0.326 e. The summed E-state index contributed by atoms with van der Waals surface area (Å²) < 4.78 is 0. The highest BCUT2D eigenvalue weighted by Gasteiger charge is 2.14. The molecular weight excluding hydrogens is 350 g/mol. The number of hydrogen-bond acceptors (Lipinski definition) is 4. The summed E-state index contributed by atoms with van der Waals surface area (Å²) in [6.07, 6.45) is 0.409. The van der Waals surface area contributed by atoms with Crippen molar-refractivity contribution in [3.63, 3.8) is 0 Å². The van der Waals surface area contributed by atoms with Crippen LogP contribution in [0.15, 0.2) is 48.5 Å². The zero-order valence-corrected chi connectivity index (χ0v) is 16.8. The number of benzene rings is 2. The Morgan fingerprint density at radius 2 is 1.54 bits per heavy atom. The molecule has 0 aromatic heterocycles. The first-order valence-corrected chi connectivity index (χ1v) is 9.89. The number of nitrogens with zero attached hydrogens (tertiary/aromatic N) is 2. The van der Waals surface area contributed by atoms with Crippen molar-refractivity contribution >= 4 is 17.4 Å². The predicted molar refractivity (Wildman–Crippen MR) is 113 cm³/mol. The molecule has 1 aliphatic rings. The number of likely N-dealkylation sites (N-methyl/N-ethyl adjacent to an activating group) is 1. The number of hydrogen-bond donors (Lipinski definition) is 1. The highest BCUT2D eigenvalue weighted by atomic mass is 16.2. The lowest BCUT2D eigenvalue weighted by molar-refractivity contribution is -0.116. The van der Waals surface area contributed by atoms with Gasteiger partial charge in [-0.05, 0) is 31.7 Å². The fourth-order valence-corrected chi connectivity index (χ4v) is 3.29. The maximum Gasteiger partial charge on any atom is 0.224 e. The van der Waals surface area contributed by atoms with Crippen molar-refractivity contribution in [2.75, 3.05) is 38.5 Å². The van der Waals surface area contributed by atoms with Crippen LogP contribution in [0.25, 0.3) is 0 Å². The van der Waals surface area contributed by atoms with E-state index in [1.165, 1.54) is 5.56 Å². The molecule has 28 heavy (non-hydrogen) atoms. The molecule has 1 fully saturated rings. The Morgan fingerprint density at radius 1 is 0.893 bits per heavy atom. The van der Waals surface area contributed by atoms with E-state index in [4.69, 9.17) is 0 Å². The summed E-state index contributed by atoms with van der Waals surface area (Å²) in [5.41, 5.74) is 3.80. The minimum atomic E-state index is -0.132. The van der Waals surface area contributed by atoms with Gasteiger partial charge < -0.3 is 10.2 Å². The Morgan fingerprint density at radius 3 is 2.18 bits per heavy atom. The minimum Gasteiger partial charge on any atom is -0.326 e. The molecule has 3 rings (SSSR count). The minimum absolute atomic E-state index is 0.00215. The summed E-state index contributed by atoms with van der Waals surface area (Å²) in [5, 5.41) is 2.88. The number of carbonyl (C=O) groups excluding carboxylic acids is 2. The van der Waals surface area contributed by atoms with E-state index < -0.39 is 0 Å². The molecule has 1 N–H and O–H groups in total. The summed E-state index contributed by atoms with van der Waals surface area (Å²) >= 11 is 0. The number of aryl methyl sites for hydroxylation is 1. The van der Waals surface area contributed by atoms with Crippen molar-refractivity contribution in [3.05, 3.63) is 65.2 Å². The van der Waals surface area contributed by atoms with Gasteiger partial charge in [0, 0.05) is 56.8 Å². The lowest BCUT2D eigenvalue weighted by atomic mass is 10.0. The number of carbonyl (C=O) groups is 2. The second-order valence-corrected chi connectivity index (χ2v) is 7.61. The molecule has 2 aromatic carbocycles. The normalized spacial score (nSPS) is 15.4. The van der Waals surface area contributed by atoms with Gasteiger partial charge in [-0.25, -0.2) is 0 Å². The Kier molecular flexibility index (Phi) is 6.95. The average molecular weight is 380 g/mol. The molecule has 1 saturated heterocycles. The molecule has 0 saturated carbocycles. The van der Waals surface area contributed by atoms with Gasteiger partial charge in [-0.15, -0.1) is 0 Å². The molecule has 0 atom stereocenters. The fourth-order valence-electron chi connectivity index (χ4n) is 3.29. The molecule has 0 spiro atoms. The SMILES string of the molecule is Cc1ccc(C(=O)CCC(=O)Nc2ccc(CN3CCN(C)CC3)cc2)cc1. The van der Waals surface area contributed by atoms with E-state index in [2.05, 4.69) is 34.3 Å². The Balaban J connectivity index is 1.43. The number of ketones is 1. The number of Topliss-reactive ketones (excluding diaryl/α,β-unsaturated/α-hetero) is 1. The van der Waals surface area contributed by atoms with Gasteiger partial charge in [-0.3, -0.25) is 14.5 Å². The quantitative estimate of drug-likeness (QED) is 0.750. The number of anilines is 1. The third kappa shape index (κ3) is 6.01. The molecular formula is C23H29N3O2. The predicted octanol–water partition coefficient (Wildman–Crippen LogP) is 3.34. The topological polar surface area (TPSA) is 52.7 Å². The van der Waals surface area contributed by atoms with Gasteiger partial charge in [0.1, 0.15) is 0 Å². The number of piperazine rings is 1. The number of amides is 1. The summed E-state index contributed by atoms with van der Waals surface area (Å²) in [5.74, 6) is -0.134. The fraction of sp³-hybridized carbons (Fsp3) is 0.391. The van der Waals surface area contributed by atoms with Gasteiger partial charge >= 0.3 is 0 Å². The Hall–Kier alpha value is -2.50. The molecule has 5 heteroatoms. The van der Waals surface area contributed by atoms with Gasteiger partial charge in [0.15, 0.2) is 5.78 Å². The van der Waals surface area contributed by atoms with E-state index in [0.29, 0.717) is 5.56 Å². The first-order valence-electron chi connectivity index (χ1n) is 9.89. The zero-order chi connectivity index (χ0) is 19.9. The van der Waals surface area contributed by atoms with Crippen molar-refractivity contribution in [1.29, 1.82) is 0 Å². The van der Waals surface area contributed by atoms with Crippen LogP contribution in [0.4, 0.5) is 5.69 Å². The summed E-state index contributed by atoms with van der Waals surface area (Å²) in [6.45, 7) is 7.31. The van der Waals surface area contributed by atoms with Crippen LogP contribution in [0.5, 0.6) is 0 Å². The third-order valence-corrected chi connectivity index (χ3v) is 5.19. The van der Waals surface area contributed by atoms with E-state index >= 15 is 0 Å². The Bertz CT molecular complexity index is 792. The smallest absolute Gasteiger partial charge is 0.224 e. The van der Waals surface area contributed by atoms with Gasteiger partial charge in [-0.1, -0.05) is 42.0 Å². The molecule has 148 valence electrons. The molecule has 0 radical (unpaired) electrons. The van der Waals surface area contributed by atoms with Crippen LogP contribution in [0, 0.1) is 6.92 Å². The van der Waals surface area contributed by atoms with Crippen molar-refractivity contribution in [3.8, 4) is 0 Å². The van der Waals surface area contributed by atoms with E-state index in [1.54, 1.807) is 0 Å². The lowest BCUT2D eigenvalue weighted by Gasteiger charge is -2.32. The molecule has 0 aliphatic carbocycles. The maximum absolute atomic E-state index is 12.2. The first-order chi connectivity index (χ1) is 13.5. The van der Waals surface area contributed by atoms with Crippen molar-refractivity contribution in [2.24, 2.45) is 0 Å². The van der Waals surface area contributed by atoms with E-state index in [-0.39, 0.29) is 24.5 Å². The van der Waals surface area contributed by atoms with Crippen molar-refractivity contribution in [1.82, 2.24) is 9.80 Å². The van der Waals surface area contributed by atoms with Crippen LogP contribution < -0.4 is 5.32 Å². The van der Waals surface area contributed by atoms with Crippen LogP contribution in [0.1, 0.15) is 34.3 Å². The zero-order valence-electron chi connectivity index (χ0n) is 16.8. The molecule has 2 aromatic rings. The van der Waals surface area contributed by atoms with Crippen LogP contribution in [0.3, 0.4) is 0 Å². The van der Waals surface area contributed by atoms with E-state index in [0.717, 1.165) is 44.0 Å². The second-order valence-electron chi connectivity index (χ2n) is 7.61. The molecule has 0 bridgehead atoms. The lowest BCUT2D eigenvalue weighted by Crippen LogP contribution is -2.43. The number of nitrogens with one attached hydrogen (secondary N) is 1. The first kappa shape index (κ1) is 20.2. The molecule has 1 heterocycles. The summed E-state index contributed by atoms with van der Waals surface area (Å²) in [6, 6.07) is 15.4. The van der Waals surface area contributed by atoms with Crippen LogP contribution in [-0.2, 0) is 11.3 Å². The summed E-state index contributed by atoms with van der Waals surface area (Å²) in [7, 11) is 2.16. The average Bonchev–Trinajstić information content (AvgIpc) is 2.70. The highest BCUT2D eigenvalue weighted by molar-refractivity contribution is 6.00. The number of rotatable bonds is 7. The van der Waals surface area contributed by atoms with Gasteiger partial charge in [0.2, 0.25) is 5.91 Å². The molecule has 0 unspecified atom stereocenters. The second kappa shape index (κ2) is 9.62. The summed E-state index contributed by atoms with van der Waals surface area (Å²) in [4.78, 5) is 29.1. The van der Waals surface area contributed by atoms with E-state index in [9.17, 15) is 9.59 Å².